The van der Waals surface area contributed by atoms with E-state index in [4.69, 9.17) is 0 Å². The lowest BCUT2D eigenvalue weighted by Gasteiger charge is -2.29. The minimum atomic E-state index is -0.324. The van der Waals surface area contributed by atoms with Crippen molar-refractivity contribution in [1.29, 1.82) is 0 Å². The van der Waals surface area contributed by atoms with Crippen LogP contribution in [0.1, 0.15) is 24.0 Å². The number of hydrogen-bond acceptors (Lipinski definition) is 4. The van der Waals surface area contributed by atoms with Crippen LogP contribution in [0.3, 0.4) is 0 Å². The molecule has 2 heterocycles. The smallest absolute Gasteiger partial charge is 0.229 e. The number of benzene rings is 2. The number of hydrazine groups is 1. The SMILES string of the molecule is O=CN(CCc1ccccc1)N1CC(N2CCCC2=O)C(c2ccc(F)cc2)=N1. The molecule has 0 bridgehead atoms. The molecule has 1 atom stereocenters. The number of hydrogen-bond donors (Lipinski definition) is 0. The molecule has 0 aliphatic carbocycles. The summed E-state index contributed by atoms with van der Waals surface area (Å²) in [6.07, 6.45) is 2.81. The van der Waals surface area contributed by atoms with E-state index in [9.17, 15) is 14.0 Å². The van der Waals surface area contributed by atoms with Crippen LogP contribution in [-0.2, 0) is 16.0 Å². The van der Waals surface area contributed by atoms with Gasteiger partial charge >= 0.3 is 0 Å². The zero-order chi connectivity index (χ0) is 20.2. The predicted molar refractivity (Wildman–Crippen MR) is 107 cm³/mol. The third-order valence-electron chi connectivity index (χ3n) is 5.39. The first kappa shape index (κ1) is 19.1. The van der Waals surface area contributed by atoms with Gasteiger partial charge in [-0.15, -0.1) is 0 Å². The lowest BCUT2D eigenvalue weighted by Crippen LogP contribution is -2.46. The molecule has 1 fully saturated rings. The summed E-state index contributed by atoms with van der Waals surface area (Å²) in [6, 6.07) is 15.8. The molecule has 6 nitrogen and oxygen atoms in total. The first-order valence-corrected chi connectivity index (χ1v) is 9.83. The van der Waals surface area contributed by atoms with E-state index in [0.717, 1.165) is 24.0 Å². The standard InChI is InChI=1S/C22H23FN4O2/c23-19-10-8-18(9-11-19)22-20(26-13-4-7-21(26)29)15-27(24-22)25(16-28)14-12-17-5-2-1-3-6-17/h1-3,5-6,8-11,16,20H,4,7,12-15H2. The van der Waals surface area contributed by atoms with Gasteiger partial charge < -0.3 is 4.90 Å². The average molecular weight is 394 g/mol. The third kappa shape index (κ3) is 4.13. The fourth-order valence-electron chi connectivity index (χ4n) is 3.86. The van der Waals surface area contributed by atoms with Crippen molar-refractivity contribution in [3.63, 3.8) is 0 Å². The molecule has 1 unspecified atom stereocenters. The second-order valence-electron chi connectivity index (χ2n) is 7.26. The molecule has 4 rings (SSSR count). The lowest BCUT2D eigenvalue weighted by molar-refractivity contribution is -0.135. The van der Waals surface area contributed by atoms with Crippen LogP contribution in [0.15, 0.2) is 59.7 Å². The Morgan fingerprint density at radius 3 is 2.55 bits per heavy atom. The van der Waals surface area contributed by atoms with Crippen molar-refractivity contribution in [3.05, 3.63) is 71.5 Å². The van der Waals surface area contributed by atoms with Crippen LogP contribution in [0.25, 0.3) is 0 Å². The van der Waals surface area contributed by atoms with Gasteiger partial charge in [0.25, 0.3) is 0 Å². The molecule has 2 aliphatic heterocycles. The van der Waals surface area contributed by atoms with E-state index in [2.05, 4.69) is 5.10 Å². The summed E-state index contributed by atoms with van der Waals surface area (Å²) >= 11 is 0. The van der Waals surface area contributed by atoms with Gasteiger partial charge in [0, 0.05) is 25.1 Å². The number of likely N-dealkylation sites (tertiary alicyclic amines) is 1. The number of halogens is 1. The highest BCUT2D eigenvalue weighted by Gasteiger charge is 2.38. The van der Waals surface area contributed by atoms with Gasteiger partial charge in [0.1, 0.15) is 5.82 Å². The van der Waals surface area contributed by atoms with E-state index in [1.165, 1.54) is 17.1 Å². The summed E-state index contributed by atoms with van der Waals surface area (Å²) < 4.78 is 13.4. The van der Waals surface area contributed by atoms with E-state index in [-0.39, 0.29) is 17.8 Å². The minimum Gasteiger partial charge on any atom is -0.332 e. The first-order chi connectivity index (χ1) is 14.2. The molecule has 2 aliphatic rings. The molecular formula is C22H23FN4O2. The molecule has 29 heavy (non-hydrogen) atoms. The predicted octanol–water partition coefficient (Wildman–Crippen LogP) is 2.45. The quantitative estimate of drug-likeness (QED) is 0.678. The summed E-state index contributed by atoms with van der Waals surface area (Å²) in [7, 11) is 0. The second-order valence-corrected chi connectivity index (χ2v) is 7.26. The van der Waals surface area contributed by atoms with Crippen molar-refractivity contribution in [1.82, 2.24) is 15.0 Å². The highest BCUT2D eigenvalue weighted by atomic mass is 19.1. The van der Waals surface area contributed by atoms with Gasteiger partial charge in [0.2, 0.25) is 12.3 Å². The van der Waals surface area contributed by atoms with Crippen molar-refractivity contribution >= 4 is 18.0 Å². The highest BCUT2D eigenvalue weighted by Crippen LogP contribution is 2.24. The summed E-state index contributed by atoms with van der Waals surface area (Å²) in [5.41, 5.74) is 2.58. The van der Waals surface area contributed by atoms with Gasteiger partial charge in [-0.1, -0.05) is 42.5 Å². The Morgan fingerprint density at radius 1 is 1.14 bits per heavy atom. The molecule has 0 aromatic heterocycles. The van der Waals surface area contributed by atoms with E-state index >= 15 is 0 Å². The van der Waals surface area contributed by atoms with Crippen LogP contribution in [0.5, 0.6) is 0 Å². The maximum Gasteiger partial charge on any atom is 0.229 e. The van der Waals surface area contributed by atoms with Crippen LogP contribution < -0.4 is 0 Å². The average Bonchev–Trinajstić information content (AvgIpc) is 3.36. The van der Waals surface area contributed by atoms with E-state index in [1.807, 2.05) is 35.2 Å². The molecule has 0 saturated carbocycles. The van der Waals surface area contributed by atoms with Crippen LogP contribution in [0.4, 0.5) is 4.39 Å². The Kier molecular flexibility index (Phi) is 5.55. The van der Waals surface area contributed by atoms with Gasteiger partial charge in [0.15, 0.2) is 0 Å². The molecule has 150 valence electrons. The van der Waals surface area contributed by atoms with Crippen molar-refractivity contribution in [2.45, 2.75) is 25.3 Å². The molecule has 2 amide bonds. The topological polar surface area (TPSA) is 56.2 Å². The zero-order valence-electron chi connectivity index (χ0n) is 16.1. The third-order valence-corrected chi connectivity index (χ3v) is 5.39. The fraction of sp³-hybridized carbons (Fsp3) is 0.318. The van der Waals surface area contributed by atoms with Crippen LogP contribution in [0, 0.1) is 5.82 Å². The van der Waals surface area contributed by atoms with Crippen molar-refractivity contribution in [2.24, 2.45) is 5.10 Å². The van der Waals surface area contributed by atoms with E-state index in [0.29, 0.717) is 38.2 Å². The summed E-state index contributed by atoms with van der Waals surface area (Å²) in [5, 5.41) is 7.83. The van der Waals surface area contributed by atoms with Crippen LogP contribution >= 0.6 is 0 Å². The fourth-order valence-corrected chi connectivity index (χ4v) is 3.86. The maximum atomic E-state index is 13.4. The molecule has 0 spiro atoms. The van der Waals surface area contributed by atoms with Gasteiger partial charge in [-0.05, 0) is 30.5 Å². The summed E-state index contributed by atoms with van der Waals surface area (Å²) in [5.74, 6) is -0.232. The van der Waals surface area contributed by atoms with Gasteiger partial charge in [-0.25, -0.2) is 14.5 Å². The number of hydrazone groups is 1. The monoisotopic (exact) mass is 394 g/mol. The summed E-state index contributed by atoms with van der Waals surface area (Å²) in [6.45, 7) is 1.56. The summed E-state index contributed by atoms with van der Waals surface area (Å²) in [4.78, 5) is 26.0. The van der Waals surface area contributed by atoms with Gasteiger partial charge in [-0.2, -0.15) is 5.10 Å². The number of carbonyl (C=O) groups is 2. The molecule has 2 aromatic rings. The Morgan fingerprint density at radius 2 is 1.90 bits per heavy atom. The molecular weight excluding hydrogens is 371 g/mol. The van der Waals surface area contributed by atoms with Crippen LogP contribution in [0.2, 0.25) is 0 Å². The number of rotatable bonds is 7. The number of carbonyl (C=O) groups excluding carboxylic acids is 2. The molecule has 7 heteroatoms. The normalized spacial score (nSPS) is 18.9. The Labute approximate surface area is 169 Å². The second kappa shape index (κ2) is 8.43. The van der Waals surface area contributed by atoms with Crippen LogP contribution in [-0.4, -0.2) is 58.7 Å². The molecule has 2 aromatic carbocycles. The van der Waals surface area contributed by atoms with Crippen molar-refractivity contribution < 1.29 is 14.0 Å². The van der Waals surface area contributed by atoms with E-state index in [1.54, 1.807) is 17.3 Å². The zero-order valence-corrected chi connectivity index (χ0v) is 16.1. The van der Waals surface area contributed by atoms with Crippen molar-refractivity contribution in [2.75, 3.05) is 19.6 Å². The van der Waals surface area contributed by atoms with Crippen molar-refractivity contribution in [3.8, 4) is 0 Å². The first-order valence-electron chi connectivity index (χ1n) is 9.83. The minimum absolute atomic E-state index is 0.0913. The highest BCUT2D eigenvalue weighted by molar-refractivity contribution is 6.07. The Bertz CT molecular complexity index is 901. The van der Waals surface area contributed by atoms with Gasteiger partial charge in [-0.3, -0.25) is 9.59 Å². The maximum absolute atomic E-state index is 13.4. The molecule has 1 saturated heterocycles. The lowest BCUT2D eigenvalue weighted by atomic mass is 10.0. The molecule has 0 radical (unpaired) electrons. The Hall–Kier alpha value is -3.22. The van der Waals surface area contributed by atoms with Gasteiger partial charge in [0.05, 0.1) is 18.3 Å². The number of nitrogens with zero attached hydrogens (tertiary/aromatic N) is 4. The van der Waals surface area contributed by atoms with E-state index < -0.39 is 0 Å². The largest absolute Gasteiger partial charge is 0.332 e. The number of amides is 2. The Balaban J connectivity index is 1.56. The molecule has 0 N–H and O–H groups in total.